The van der Waals surface area contributed by atoms with E-state index in [-0.39, 0.29) is 23.9 Å². The van der Waals surface area contributed by atoms with Crippen LogP contribution in [0, 0.1) is 13.8 Å². The van der Waals surface area contributed by atoms with Gasteiger partial charge in [0, 0.05) is 63.1 Å². The van der Waals surface area contributed by atoms with Crippen LogP contribution in [0.4, 0.5) is 0 Å². The number of hydrogen-bond donors (Lipinski definition) is 0. The van der Waals surface area contributed by atoms with Gasteiger partial charge in [0.2, 0.25) is 10.0 Å². The highest BCUT2D eigenvalue weighted by atomic mass is 32.2. The van der Waals surface area contributed by atoms with E-state index in [1.165, 1.54) is 4.31 Å². The zero-order chi connectivity index (χ0) is 25.6. The highest BCUT2D eigenvalue weighted by molar-refractivity contribution is 7.89. The Kier molecular flexibility index (Phi) is 6.13. The van der Waals surface area contributed by atoms with E-state index in [4.69, 9.17) is 4.98 Å². The van der Waals surface area contributed by atoms with Crippen molar-refractivity contribution in [3.63, 3.8) is 0 Å². The third kappa shape index (κ3) is 4.18. The number of pyridine rings is 1. The molecule has 1 fully saturated rings. The van der Waals surface area contributed by atoms with Gasteiger partial charge in [0.15, 0.2) is 0 Å². The molecule has 4 aromatic rings. The molecular weight excluding hydrogens is 478 g/mol. The van der Waals surface area contributed by atoms with Gasteiger partial charge < -0.3 is 4.90 Å². The second-order valence-electron chi connectivity index (χ2n) is 9.00. The van der Waals surface area contributed by atoms with Crippen molar-refractivity contribution in [2.75, 3.05) is 26.2 Å². The first-order valence-corrected chi connectivity index (χ1v) is 13.4. The van der Waals surface area contributed by atoms with E-state index in [2.05, 4.69) is 10.2 Å². The van der Waals surface area contributed by atoms with E-state index in [1.54, 1.807) is 27.4 Å². The number of para-hydroxylation sites is 1. The van der Waals surface area contributed by atoms with Gasteiger partial charge in [-0.05, 0) is 32.9 Å². The van der Waals surface area contributed by atoms with Crippen molar-refractivity contribution >= 4 is 26.8 Å². The maximum absolute atomic E-state index is 13.7. The summed E-state index contributed by atoms with van der Waals surface area (Å²) in [7, 11) is -1.83. The van der Waals surface area contributed by atoms with Gasteiger partial charge in [-0.3, -0.25) is 14.2 Å². The quantitative estimate of drug-likeness (QED) is 0.411. The lowest BCUT2D eigenvalue weighted by Crippen LogP contribution is -2.50. The summed E-state index contributed by atoms with van der Waals surface area (Å²) in [5.41, 5.74) is 4.15. The Morgan fingerprint density at radius 1 is 1.00 bits per heavy atom. The second kappa shape index (κ2) is 9.14. The second-order valence-corrected chi connectivity index (χ2v) is 10.9. The molecule has 5 rings (SSSR count). The summed E-state index contributed by atoms with van der Waals surface area (Å²) in [6, 6.07) is 9.39. The fourth-order valence-corrected chi connectivity index (χ4v) is 6.29. The monoisotopic (exact) mass is 507 g/mol. The van der Waals surface area contributed by atoms with Crippen molar-refractivity contribution in [1.82, 2.24) is 33.8 Å². The number of nitrogens with zero attached hydrogens (tertiary/aromatic N) is 7. The van der Waals surface area contributed by atoms with Crippen LogP contribution < -0.4 is 0 Å². The number of sulfonamides is 1. The molecule has 1 saturated heterocycles. The summed E-state index contributed by atoms with van der Waals surface area (Å²) >= 11 is 0. The van der Waals surface area contributed by atoms with Crippen LogP contribution in [0.3, 0.4) is 0 Å². The lowest BCUT2D eigenvalue weighted by molar-refractivity contribution is 0.0700. The van der Waals surface area contributed by atoms with E-state index in [0.717, 1.165) is 22.2 Å². The van der Waals surface area contributed by atoms with Crippen molar-refractivity contribution in [2.45, 2.75) is 32.2 Å². The fraction of sp³-hybridized carbons (Fsp3) is 0.360. The molecule has 4 heterocycles. The molecule has 188 valence electrons. The van der Waals surface area contributed by atoms with Crippen molar-refractivity contribution < 1.29 is 13.2 Å². The van der Waals surface area contributed by atoms with Crippen LogP contribution in [0.5, 0.6) is 0 Å². The van der Waals surface area contributed by atoms with Gasteiger partial charge in [-0.2, -0.15) is 14.5 Å². The molecule has 0 N–H and O–H groups in total. The smallest absolute Gasteiger partial charge is 0.254 e. The number of amides is 1. The lowest BCUT2D eigenvalue weighted by atomic mass is 10.0. The van der Waals surface area contributed by atoms with Crippen LogP contribution in [-0.2, 0) is 23.6 Å². The summed E-state index contributed by atoms with van der Waals surface area (Å²) in [6.07, 6.45) is 3.47. The molecule has 0 atom stereocenters. The summed E-state index contributed by atoms with van der Waals surface area (Å²) < 4.78 is 31.3. The Labute approximate surface area is 210 Å². The molecule has 36 heavy (non-hydrogen) atoms. The number of carbonyl (C=O) groups excluding carboxylic acids is 1. The molecule has 0 bridgehead atoms. The molecule has 0 radical (unpaired) electrons. The van der Waals surface area contributed by atoms with Crippen molar-refractivity contribution in [1.29, 1.82) is 0 Å². The van der Waals surface area contributed by atoms with Gasteiger partial charge in [0.25, 0.3) is 5.91 Å². The number of rotatable bonds is 5. The Balaban J connectivity index is 1.42. The molecule has 10 nitrogen and oxygen atoms in total. The van der Waals surface area contributed by atoms with Crippen LogP contribution in [0.1, 0.15) is 28.7 Å². The van der Waals surface area contributed by atoms with Crippen LogP contribution in [0.15, 0.2) is 47.6 Å². The number of hydrogen-bond acceptors (Lipinski definition) is 6. The van der Waals surface area contributed by atoms with Crippen LogP contribution >= 0.6 is 0 Å². The average molecular weight is 508 g/mol. The van der Waals surface area contributed by atoms with Gasteiger partial charge in [-0.15, -0.1) is 0 Å². The predicted octanol–water partition coefficient (Wildman–Crippen LogP) is 2.62. The predicted molar refractivity (Wildman–Crippen MR) is 136 cm³/mol. The van der Waals surface area contributed by atoms with Crippen molar-refractivity contribution in [3.05, 3.63) is 59.7 Å². The Bertz CT molecular complexity index is 1560. The SMILES string of the molecule is CCn1cc(S(=O)(=O)N2CCN(C(=O)c3cc(-c4cn(C)nc4C)nc4ccccc34)CC2)c(C)n1. The molecular formula is C25H29N7O3S. The Morgan fingerprint density at radius 3 is 2.36 bits per heavy atom. The first-order valence-electron chi connectivity index (χ1n) is 11.9. The Morgan fingerprint density at radius 2 is 1.72 bits per heavy atom. The lowest BCUT2D eigenvalue weighted by Gasteiger charge is -2.34. The maximum Gasteiger partial charge on any atom is 0.254 e. The normalized spacial score (nSPS) is 15.1. The van der Waals surface area contributed by atoms with Gasteiger partial charge in [0.1, 0.15) is 4.90 Å². The zero-order valence-electron chi connectivity index (χ0n) is 20.8. The Hall–Kier alpha value is -3.57. The molecule has 0 spiro atoms. The molecule has 1 amide bonds. The largest absolute Gasteiger partial charge is 0.336 e. The molecule has 1 aliphatic heterocycles. The van der Waals surface area contributed by atoms with Crippen LogP contribution in [-0.4, -0.2) is 74.3 Å². The van der Waals surface area contributed by atoms with E-state index >= 15 is 0 Å². The minimum absolute atomic E-state index is 0.136. The molecule has 3 aromatic heterocycles. The minimum Gasteiger partial charge on any atom is -0.336 e. The number of piperazine rings is 1. The van der Waals surface area contributed by atoms with E-state index in [1.807, 2.05) is 57.4 Å². The molecule has 0 aliphatic carbocycles. The van der Waals surface area contributed by atoms with Gasteiger partial charge in [-0.25, -0.2) is 13.4 Å². The minimum atomic E-state index is -3.68. The van der Waals surface area contributed by atoms with E-state index in [9.17, 15) is 13.2 Å². The molecule has 0 unspecified atom stereocenters. The first-order chi connectivity index (χ1) is 17.2. The summed E-state index contributed by atoms with van der Waals surface area (Å²) in [5.74, 6) is -0.136. The summed E-state index contributed by atoms with van der Waals surface area (Å²) in [6.45, 7) is 7.18. The van der Waals surface area contributed by atoms with Crippen molar-refractivity contribution in [3.8, 4) is 11.3 Å². The number of benzene rings is 1. The zero-order valence-corrected chi connectivity index (χ0v) is 21.7. The summed E-state index contributed by atoms with van der Waals surface area (Å²) in [4.78, 5) is 20.4. The van der Waals surface area contributed by atoms with Gasteiger partial charge >= 0.3 is 0 Å². The summed E-state index contributed by atoms with van der Waals surface area (Å²) in [5, 5.41) is 9.46. The highest BCUT2D eigenvalue weighted by Gasteiger charge is 2.33. The molecule has 1 aromatic carbocycles. The molecule has 1 aliphatic rings. The maximum atomic E-state index is 13.7. The number of aryl methyl sites for hydroxylation is 4. The van der Waals surface area contributed by atoms with Gasteiger partial charge in [0.05, 0.1) is 28.2 Å². The third-order valence-corrected chi connectivity index (χ3v) is 8.61. The third-order valence-electron chi connectivity index (χ3n) is 6.60. The van der Waals surface area contributed by atoms with E-state index < -0.39 is 10.0 Å². The topological polar surface area (TPSA) is 106 Å². The average Bonchev–Trinajstić information content (AvgIpc) is 3.44. The molecule has 0 saturated carbocycles. The van der Waals surface area contributed by atoms with Crippen LogP contribution in [0.25, 0.3) is 22.2 Å². The number of carbonyl (C=O) groups is 1. The van der Waals surface area contributed by atoms with Crippen molar-refractivity contribution in [2.24, 2.45) is 7.05 Å². The number of aromatic nitrogens is 5. The van der Waals surface area contributed by atoms with Crippen LogP contribution in [0.2, 0.25) is 0 Å². The molecule has 11 heteroatoms. The standard InChI is InChI=1S/C25H29N7O3S/c1-5-31-16-24(18(3)28-31)36(34,35)32-12-10-30(11-13-32)25(33)20-14-23(21-15-29(4)27-17(21)2)26-22-9-7-6-8-19(20)22/h6-9,14-16H,5,10-13H2,1-4H3. The first kappa shape index (κ1) is 24.1. The highest BCUT2D eigenvalue weighted by Crippen LogP contribution is 2.28. The van der Waals surface area contributed by atoms with Gasteiger partial charge in [-0.1, -0.05) is 18.2 Å². The van der Waals surface area contributed by atoms with E-state index in [0.29, 0.717) is 36.6 Å². The fourth-order valence-electron chi connectivity index (χ4n) is 4.70. The number of fused-ring (bicyclic) bond motifs is 1.